The van der Waals surface area contributed by atoms with E-state index < -0.39 is 19.4 Å². The first kappa shape index (κ1) is 18.9. The van der Waals surface area contributed by atoms with Crippen LogP contribution in [0, 0.1) is 0 Å². The number of alkyl halides is 1. The summed E-state index contributed by atoms with van der Waals surface area (Å²) in [6.07, 6.45) is 3.34. The van der Waals surface area contributed by atoms with Crippen molar-refractivity contribution in [2.75, 3.05) is 19.1 Å². The number of esters is 1. The summed E-state index contributed by atoms with van der Waals surface area (Å²) < 4.78 is 28.2. The first-order chi connectivity index (χ1) is 9.00. The summed E-state index contributed by atoms with van der Waals surface area (Å²) in [4.78, 5) is 11.0. The van der Waals surface area contributed by atoms with Gasteiger partial charge in [-0.1, -0.05) is 26.7 Å². The molecule has 0 fully saturated rings. The molecular weight excluding hydrogens is 291 g/mol. The van der Waals surface area contributed by atoms with E-state index in [0.717, 1.165) is 25.7 Å². The second-order valence-corrected chi connectivity index (χ2v) is 6.61. The van der Waals surface area contributed by atoms with Gasteiger partial charge < -0.3 is 13.8 Å². The molecule has 19 heavy (non-hydrogen) atoms. The van der Waals surface area contributed by atoms with Gasteiger partial charge in [-0.25, -0.2) is 0 Å². The summed E-state index contributed by atoms with van der Waals surface area (Å²) in [7, 11) is -3.52. The SMILES string of the molecule is CCCCOP(=O)(OCCCC)C(CCl)OC(C)=O. The molecule has 0 amide bonds. The highest BCUT2D eigenvalue weighted by Gasteiger charge is 2.38. The number of ether oxygens (including phenoxy) is 1. The van der Waals surface area contributed by atoms with Crippen molar-refractivity contribution < 1.29 is 23.1 Å². The Balaban J connectivity index is 4.67. The maximum Gasteiger partial charge on any atom is 0.372 e. The molecule has 0 aromatic heterocycles. The number of carbonyl (C=O) groups is 1. The molecule has 0 aliphatic heterocycles. The van der Waals surface area contributed by atoms with Crippen LogP contribution in [0.25, 0.3) is 0 Å². The fourth-order valence-electron chi connectivity index (χ4n) is 1.25. The van der Waals surface area contributed by atoms with E-state index in [1.807, 2.05) is 13.8 Å². The van der Waals surface area contributed by atoms with Crippen LogP contribution in [0.5, 0.6) is 0 Å². The average Bonchev–Trinajstić information content (AvgIpc) is 2.36. The quantitative estimate of drug-likeness (QED) is 0.250. The third-order valence-electron chi connectivity index (χ3n) is 2.32. The predicted molar refractivity (Wildman–Crippen MR) is 75.6 cm³/mol. The molecular formula is C12H24ClO5P. The summed E-state index contributed by atoms with van der Waals surface area (Å²) in [5.41, 5.74) is 0. The van der Waals surface area contributed by atoms with Crippen LogP contribution in [0.2, 0.25) is 0 Å². The van der Waals surface area contributed by atoms with Crippen LogP contribution >= 0.6 is 19.2 Å². The molecule has 1 unspecified atom stereocenters. The molecule has 7 heteroatoms. The molecule has 0 saturated heterocycles. The van der Waals surface area contributed by atoms with Gasteiger partial charge in [0.2, 0.25) is 5.85 Å². The van der Waals surface area contributed by atoms with Crippen molar-refractivity contribution in [1.82, 2.24) is 0 Å². The predicted octanol–water partition coefficient (Wildman–Crippen LogP) is 3.94. The average molecular weight is 315 g/mol. The summed E-state index contributed by atoms with van der Waals surface area (Å²) in [5.74, 6) is -1.71. The van der Waals surface area contributed by atoms with Crippen LogP contribution in [0.3, 0.4) is 0 Å². The Hall–Kier alpha value is -0.0900. The van der Waals surface area contributed by atoms with Crippen molar-refractivity contribution in [2.24, 2.45) is 0 Å². The minimum absolute atomic E-state index is 0.116. The van der Waals surface area contributed by atoms with E-state index in [9.17, 15) is 9.36 Å². The van der Waals surface area contributed by atoms with Gasteiger partial charge in [0, 0.05) is 6.92 Å². The zero-order chi connectivity index (χ0) is 14.7. The molecule has 0 N–H and O–H groups in total. The normalized spacial score (nSPS) is 13.3. The molecule has 0 saturated carbocycles. The molecule has 0 rings (SSSR count). The van der Waals surface area contributed by atoms with Crippen molar-refractivity contribution in [3.05, 3.63) is 0 Å². The lowest BCUT2D eigenvalue weighted by Gasteiger charge is -2.25. The number of unbranched alkanes of at least 4 members (excludes halogenated alkanes) is 2. The molecule has 0 spiro atoms. The van der Waals surface area contributed by atoms with Gasteiger partial charge in [-0.3, -0.25) is 9.36 Å². The Morgan fingerprint density at radius 1 is 1.16 bits per heavy atom. The van der Waals surface area contributed by atoms with Crippen molar-refractivity contribution in [3.63, 3.8) is 0 Å². The van der Waals surface area contributed by atoms with Gasteiger partial charge in [0.25, 0.3) is 0 Å². The highest BCUT2D eigenvalue weighted by atomic mass is 35.5. The fourth-order valence-corrected chi connectivity index (χ4v) is 3.44. The topological polar surface area (TPSA) is 61.8 Å². The van der Waals surface area contributed by atoms with Gasteiger partial charge in [0.1, 0.15) is 0 Å². The maximum absolute atomic E-state index is 12.6. The Labute approximate surface area is 120 Å². The maximum atomic E-state index is 12.6. The molecule has 0 aromatic carbocycles. The molecule has 0 radical (unpaired) electrons. The largest absolute Gasteiger partial charge is 0.448 e. The van der Waals surface area contributed by atoms with Crippen molar-refractivity contribution >= 4 is 25.2 Å². The monoisotopic (exact) mass is 314 g/mol. The minimum Gasteiger partial charge on any atom is -0.448 e. The second kappa shape index (κ2) is 10.7. The van der Waals surface area contributed by atoms with Gasteiger partial charge >= 0.3 is 13.6 Å². The van der Waals surface area contributed by atoms with E-state index in [2.05, 4.69) is 0 Å². The lowest BCUT2D eigenvalue weighted by Crippen LogP contribution is -2.21. The first-order valence-corrected chi connectivity index (χ1v) is 8.76. The molecule has 114 valence electrons. The smallest absolute Gasteiger partial charge is 0.372 e. The molecule has 0 aromatic rings. The van der Waals surface area contributed by atoms with E-state index in [4.69, 9.17) is 25.4 Å². The second-order valence-electron chi connectivity index (χ2n) is 4.13. The van der Waals surface area contributed by atoms with Crippen molar-refractivity contribution in [3.8, 4) is 0 Å². The molecule has 0 aliphatic rings. The van der Waals surface area contributed by atoms with E-state index in [-0.39, 0.29) is 5.88 Å². The van der Waals surface area contributed by atoms with Gasteiger partial charge in [0.15, 0.2) is 0 Å². The third kappa shape index (κ3) is 7.93. The third-order valence-corrected chi connectivity index (χ3v) is 4.90. The van der Waals surface area contributed by atoms with E-state index in [1.54, 1.807) is 0 Å². The summed E-state index contributed by atoms with van der Waals surface area (Å²) in [6, 6.07) is 0. The summed E-state index contributed by atoms with van der Waals surface area (Å²) in [6.45, 7) is 5.83. The van der Waals surface area contributed by atoms with E-state index in [1.165, 1.54) is 6.92 Å². The lowest BCUT2D eigenvalue weighted by molar-refractivity contribution is -0.142. The van der Waals surface area contributed by atoms with Crippen molar-refractivity contribution in [2.45, 2.75) is 52.3 Å². The van der Waals surface area contributed by atoms with Crippen LogP contribution < -0.4 is 0 Å². The Bertz CT molecular complexity index is 284. The summed E-state index contributed by atoms with van der Waals surface area (Å²) in [5, 5.41) is 0. The lowest BCUT2D eigenvalue weighted by atomic mass is 10.4. The minimum atomic E-state index is -3.52. The summed E-state index contributed by atoms with van der Waals surface area (Å²) >= 11 is 5.71. The molecule has 5 nitrogen and oxygen atoms in total. The molecule has 0 heterocycles. The highest BCUT2D eigenvalue weighted by molar-refractivity contribution is 7.54. The van der Waals surface area contributed by atoms with Gasteiger partial charge in [-0.15, -0.1) is 11.6 Å². The zero-order valence-corrected chi connectivity index (χ0v) is 13.5. The Kier molecular flexibility index (Phi) is 10.6. The molecule has 1 atom stereocenters. The number of carbonyl (C=O) groups excluding carboxylic acids is 1. The zero-order valence-electron chi connectivity index (χ0n) is 11.9. The standard InChI is InChI=1S/C12H24ClO5P/c1-4-6-8-16-19(15,17-9-7-5-2)12(10-13)18-11(3)14/h12H,4-10H2,1-3H3. The van der Waals surface area contributed by atoms with Crippen LogP contribution in [-0.4, -0.2) is 30.9 Å². The highest BCUT2D eigenvalue weighted by Crippen LogP contribution is 2.54. The van der Waals surface area contributed by atoms with Gasteiger partial charge in [-0.2, -0.15) is 0 Å². The Morgan fingerprint density at radius 3 is 1.95 bits per heavy atom. The van der Waals surface area contributed by atoms with Crippen LogP contribution in [0.1, 0.15) is 46.5 Å². The van der Waals surface area contributed by atoms with Crippen LogP contribution in [-0.2, 0) is 23.1 Å². The van der Waals surface area contributed by atoms with E-state index >= 15 is 0 Å². The molecule has 0 bridgehead atoms. The number of halogens is 1. The fraction of sp³-hybridized carbons (Fsp3) is 0.917. The van der Waals surface area contributed by atoms with E-state index in [0.29, 0.717) is 13.2 Å². The number of hydrogen-bond donors (Lipinski definition) is 0. The van der Waals surface area contributed by atoms with Crippen LogP contribution in [0.4, 0.5) is 0 Å². The molecule has 0 aliphatic carbocycles. The van der Waals surface area contributed by atoms with Gasteiger partial charge in [0.05, 0.1) is 19.1 Å². The number of hydrogen-bond acceptors (Lipinski definition) is 5. The van der Waals surface area contributed by atoms with Crippen molar-refractivity contribution in [1.29, 1.82) is 0 Å². The van der Waals surface area contributed by atoms with Crippen LogP contribution in [0.15, 0.2) is 0 Å². The van der Waals surface area contributed by atoms with Gasteiger partial charge in [-0.05, 0) is 12.8 Å². The number of rotatable bonds is 11. The Morgan fingerprint density at radius 2 is 1.63 bits per heavy atom. The first-order valence-electron chi connectivity index (χ1n) is 6.62.